The van der Waals surface area contributed by atoms with Gasteiger partial charge in [-0.2, -0.15) is 0 Å². The van der Waals surface area contributed by atoms with Crippen molar-refractivity contribution in [2.24, 2.45) is 0 Å². The number of rotatable bonds is 3. The van der Waals surface area contributed by atoms with Crippen LogP contribution in [0.15, 0.2) is 24.5 Å². The number of aromatic nitrogens is 3. The van der Waals surface area contributed by atoms with Gasteiger partial charge in [0, 0.05) is 24.4 Å². The van der Waals surface area contributed by atoms with Crippen LogP contribution < -0.4 is 0 Å². The Morgan fingerprint density at radius 1 is 1.17 bits per heavy atom. The van der Waals surface area contributed by atoms with Crippen molar-refractivity contribution in [3.05, 3.63) is 51.8 Å². The summed E-state index contributed by atoms with van der Waals surface area (Å²) in [5.41, 5.74) is 1.83. The van der Waals surface area contributed by atoms with Gasteiger partial charge in [0.15, 0.2) is 0 Å². The van der Waals surface area contributed by atoms with Gasteiger partial charge in [-0.1, -0.05) is 43.1 Å². The minimum Gasteiger partial charge on any atom is -0.264 e. The van der Waals surface area contributed by atoms with Crippen molar-refractivity contribution in [2.45, 2.75) is 26.2 Å². The van der Waals surface area contributed by atoms with E-state index in [1.807, 2.05) is 26.0 Å². The average Bonchev–Trinajstić information content (AvgIpc) is 2.28. The van der Waals surface area contributed by atoms with Gasteiger partial charge < -0.3 is 0 Å². The van der Waals surface area contributed by atoms with Gasteiger partial charge in [-0.05, 0) is 17.5 Å². The van der Waals surface area contributed by atoms with E-state index in [2.05, 4.69) is 15.0 Å². The van der Waals surface area contributed by atoms with Crippen LogP contribution in [0.2, 0.25) is 10.3 Å². The fourth-order valence-electron chi connectivity index (χ4n) is 1.70. The topological polar surface area (TPSA) is 38.7 Å². The summed E-state index contributed by atoms with van der Waals surface area (Å²) in [6.07, 6.45) is 4.08. The van der Waals surface area contributed by atoms with Gasteiger partial charge in [-0.15, -0.1) is 0 Å². The molecule has 0 saturated carbocycles. The van der Waals surface area contributed by atoms with Gasteiger partial charge >= 0.3 is 0 Å². The lowest BCUT2D eigenvalue weighted by atomic mass is 10.1. The van der Waals surface area contributed by atoms with Crippen molar-refractivity contribution in [3.8, 4) is 0 Å². The van der Waals surface area contributed by atoms with Crippen LogP contribution >= 0.6 is 23.2 Å². The van der Waals surface area contributed by atoms with Crippen LogP contribution in [0.25, 0.3) is 0 Å². The predicted molar refractivity (Wildman–Crippen MR) is 73.2 cm³/mol. The lowest BCUT2D eigenvalue weighted by Crippen LogP contribution is -2.03. The van der Waals surface area contributed by atoms with Gasteiger partial charge in [0.1, 0.15) is 16.1 Å². The second kappa shape index (κ2) is 5.63. The highest BCUT2D eigenvalue weighted by Gasteiger charge is 2.14. The molecule has 0 aliphatic heterocycles. The SMILES string of the molecule is CC(C)c1c(Cl)nc(Cc2cccnc2)nc1Cl. The standard InChI is InChI=1S/C13H13Cl2N3/c1-8(2)11-12(14)17-10(18-13(11)15)6-9-4-3-5-16-7-9/h3-5,7-8H,6H2,1-2H3. The summed E-state index contributed by atoms with van der Waals surface area (Å²) in [6.45, 7) is 4.02. The predicted octanol–water partition coefficient (Wildman–Crippen LogP) is 3.89. The van der Waals surface area contributed by atoms with Crippen molar-refractivity contribution in [3.63, 3.8) is 0 Å². The molecule has 2 heterocycles. The molecule has 0 N–H and O–H groups in total. The maximum atomic E-state index is 6.14. The molecule has 0 atom stereocenters. The molecule has 2 aromatic heterocycles. The molecule has 18 heavy (non-hydrogen) atoms. The van der Waals surface area contributed by atoms with Crippen LogP contribution in [0.3, 0.4) is 0 Å². The molecule has 0 aromatic carbocycles. The molecule has 5 heteroatoms. The summed E-state index contributed by atoms with van der Waals surface area (Å²) in [4.78, 5) is 12.6. The number of halogens is 2. The zero-order chi connectivity index (χ0) is 13.1. The molecule has 0 aliphatic carbocycles. The Kier molecular flexibility index (Phi) is 4.15. The van der Waals surface area contributed by atoms with Crippen LogP contribution in [-0.2, 0) is 6.42 Å². The first kappa shape index (κ1) is 13.2. The highest BCUT2D eigenvalue weighted by atomic mass is 35.5. The van der Waals surface area contributed by atoms with Gasteiger partial charge in [-0.25, -0.2) is 9.97 Å². The first-order valence-corrected chi connectivity index (χ1v) is 6.44. The smallest absolute Gasteiger partial charge is 0.137 e. The van der Waals surface area contributed by atoms with Gasteiger partial charge in [0.05, 0.1) is 0 Å². The number of pyridine rings is 1. The number of nitrogens with zero attached hydrogens (tertiary/aromatic N) is 3. The molecule has 0 bridgehead atoms. The maximum Gasteiger partial charge on any atom is 0.137 e. The Morgan fingerprint density at radius 3 is 2.33 bits per heavy atom. The molecule has 94 valence electrons. The zero-order valence-electron chi connectivity index (χ0n) is 10.2. The van der Waals surface area contributed by atoms with E-state index in [1.165, 1.54) is 0 Å². The molecule has 0 spiro atoms. The third-order valence-electron chi connectivity index (χ3n) is 2.56. The summed E-state index contributed by atoms with van der Waals surface area (Å²) in [5, 5.41) is 0.868. The molecule has 0 aliphatic rings. The molecule has 0 saturated heterocycles. The van der Waals surface area contributed by atoms with Crippen molar-refractivity contribution in [2.75, 3.05) is 0 Å². The second-order valence-corrected chi connectivity index (χ2v) is 5.04. The van der Waals surface area contributed by atoms with Crippen LogP contribution in [-0.4, -0.2) is 15.0 Å². The number of hydrogen-bond acceptors (Lipinski definition) is 3. The Labute approximate surface area is 116 Å². The molecular formula is C13H13Cl2N3. The third-order valence-corrected chi connectivity index (χ3v) is 3.14. The quantitative estimate of drug-likeness (QED) is 0.801. The minimum absolute atomic E-state index is 0.206. The normalized spacial score (nSPS) is 10.9. The third kappa shape index (κ3) is 2.98. The average molecular weight is 282 g/mol. The van der Waals surface area contributed by atoms with E-state index in [4.69, 9.17) is 23.2 Å². The van der Waals surface area contributed by atoms with E-state index < -0.39 is 0 Å². The molecule has 0 amide bonds. The second-order valence-electron chi connectivity index (χ2n) is 4.33. The zero-order valence-corrected chi connectivity index (χ0v) is 11.7. The van der Waals surface area contributed by atoms with E-state index >= 15 is 0 Å². The molecule has 0 radical (unpaired) electrons. The summed E-state index contributed by atoms with van der Waals surface area (Å²) in [5.74, 6) is 0.819. The fraction of sp³-hybridized carbons (Fsp3) is 0.308. The highest BCUT2D eigenvalue weighted by molar-refractivity contribution is 6.34. The lowest BCUT2D eigenvalue weighted by molar-refractivity contribution is 0.830. The van der Waals surface area contributed by atoms with Crippen LogP contribution in [0.5, 0.6) is 0 Å². The van der Waals surface area contributed by atoms with Gasteiger partial charge in [0.2, 0.25) is 0 Å². The molecule has 0 unspecified atom stereocenters. The van der Waals surface area contributed by atoms with Crippen LogP contribution in [0.4, 0.5) is 0 Å². The van der Waals surface area contributed by atoms with E-state index in [9.17, 15) is 0 Å². The first-order chi connectivity index (χ1) is 8.58. The van der Waals surface area contributed by atoms with Crippen LogP contribution in [0, 0.1) is 0 Å². The van der Waals surface area contributed by atoms with E-state index in [0.29, 0.717) is 22.6 Å². The molecule has 0 fully saturated rings. The van der Waals surface area contributed by atoms with E-state index in [-0.39, 0.29) is 5.92 Å². The Hall–Kier alpha value is -1.19. The van der Waals surface area contributed by atoms with Crippen molar-refractivity contribution >= 4 is 23.2 Å². The first-order valence-electron chi connectivity index (χ1n) is 5.68. The van der Waals surface area contributed by atoms with E-state index in [0.717, 1.165) is 11.1 Å². The summed E-state index contributed by atoms with van der Waals surface area (Å²) < 4.78 is 0. The fourth-order valence-corrected chi connectivity index (χ4v) is 2.56. The summed E-state index contributed by atoms with van der Waals surface area (Å²) >= 11 is 12.3. The Balaban J connectivity index is 2.31. The monoisotopic (exact) mass is 281 g/mol. The maximum absolute atomic E-state index is 6.14. The summed E-state index contributed by atoms with van der Waals surface area (Å²) in [7, 11) is 0. The highest BCUT2D eigenvalue weighted by Crippen LogP contribution is 2.28. The van der Waals surface area contributed by atoms with Crippen LogP contribution in [0.1, 0.15) is 36.7 Å². The minimum atomic E-state index is 0.206. The Bertz CT molecular complexity index is 518. The molecule has 2 aromatic rings. The lowest BCUT2D eigenvalue weighted by Gasteiger charge is -2.10. The van der Waals surface area contributed by atoms with Gasteiger partial charge in [0.25, 0.3) is 0 Å². The van der Waals surface area contributed by atoms with Gasteiger partial charge in [-0.3, -0.25) is 4.98 Å². The van der Waals surface area contributed by atoms with Crippen molar-refractivity contribution < 1.29 is 0 Å². The summed E-state index contributed by atoms with van der Waals surface area (Å²) in [6, 6.07) is 3.84. The molecular weight excluding hydrogens is 269 g/mol. The van der Waals surface area contributed by atoms with E-state index in [1.54, 1.807) is 12.4 Å². The van der Waals surface area contributed by atoms with Crippen molar-refractivity contribution in [1.29, 1.82) is 0 Å². The number of hydrogen-bond donors (Lipinski definition) is 0. The molecule has 2 rings (SSSR count). The largest absolute Gasteiger partial charge is 0.264 e. The molecule has 3 nitrogen and oxygen atoms in total. The van der Waals surface area contributed by atoms with Crippen molar-refractivity contribution in [1.82, 2.24) is 15.0 Å². The Morgan fingerprint density at radius 2 is 1.83 bits per heavy atom.